The van der Waals surface area contributed by atoms with E-state index in [-0.39, 0.29) is 0 Å². The van der Waals surface area contributed by atoms with Crippen molar-refractivity contribution < 1.29 is 0 Å². The highest BCUT2D eigenvalue weighted by Gasteiger charge is 2.10. The van der Waals surface area contributed by atoms with Gasteiger partial charge in [-0.2, -0.15) is 5.26 Å². The molecule has 0 saturated heterocycles. The first-order chi connectivity index (χ1) is 12.2. The molecule has 0 unspecified atom stereocenters. The van der Waals surface area contributed by atoms with Gasteiger partial charge >= 0.3 is 0 Å². The Hall–Kier alpha value is -3.23. The third-order valence-electron chi connectivity index (χ3n) is 3.67. The van der Waals surface area contributed by atoms with Crippen LogP contribution in [-0.2, 0) is 0 Å². The minimum atomic E-state index is 0.379. The highest BCUT2D eigenvalue weighted by atomic mass is 32.2. The molecule has 0 heterocycles. The summed E-state index contributed by atoms with van der Waals surface area (Å²) in [5.74, 6) is 0. The maximum absolute atomic E-state index is 9.16. The molecule has 0 aliphatic heterocycles. The van der Waals surface area contributed by atoms with Crippen LogP contribution in [0.5, 0.6) is 0 Å². The summed E-state index contributed by atoms with van der Waals surface area (Å²) in [6, 6.07) is 24.6. The van der Waals surface area contributed by atoms with E-state index in [4.69, 9.17) is 16.4 Å². The maximum Gasteiger partial charge on any atom is 0.100 e. The van der Waals surface area contributed by atoms with E-state index < -0.39 is 0 Å². The molecule has 3 aromatic carbocycles. The molecule has 0 aliphatic rings. The fraction of sp³-hybridized carbons (Fsp3) is 0. The Morgan fingerprint density at radius 1 is 1.00 bits per heavy atom. The largest absolute Gasteiger partial charge is 0.398 e. The second kappa shape index (κ2) is 7.56. The number of rotatable bonds is 5. The van der Waals surface area contributed by atoms with Crippen molar-refractivity contribution >= 4 is 29.0 Å². The Morgan fingerprint density at radius 2 is 1.72 bits per heavy atom. The number of nitriles is 1. The van der Waals surface area contributed by atoms with Crippen molar-refractivity contribution in [1.82, 2.24) is 0 Å². The molecule has 25 heavy (non-hydrogen) atoms. The molecule has 0 fully saturated rings. The quantitative estimate of drug-likeness (QED) is 0.356. The molecule has 0 saturated carbocycles. The van der Waals surface area contributed by atoms with Gasteiger partial charge < -0.3 is 10.5 Å². The van der Waals surface area contributed by atoms with Gasteiger partial charge in [0, 0.05) is 27.4 Å². The summed E-state index contributed by atoms with van der Waals surface area (Å²) in [5.41, 5.74) is 9.92. The minimum Gasteiger partial charge on any atom is -0.398 e. The van der Waals surface area contributed by atoms with Gasteiger partial charge in [-0.15, -0.1) is 0 Å². The van der Waals surface area contributed by atoms with Crippen LogP contribution in [0.15, 0.2) is 77.7 Å². The summed E-state index contributed by atoms with van der Waals surface area (Å²) >= 11 is 1.36. The van der Waals surface area contributed by atoms with E-state index in [1.807, 2.05) is 60.7 Å². The van der Waals surface area contributed by atoms with E-state index in [1.54, 1.807) is 12.1 Å². The second-order valence-corrected chi connectivity index (χ2v) is 6.20. The number of nitrogens with one attached hydrogen (secondary N) is 2. The van der Waals surface area contributed by atoms with Crippen LogP contribution in [0.4, 0.5) is 11.4 Å². The molecule has 0 atom stereocenters. The van der Waals surface area contributed by atoms with Crippen molar-refractivity contribution in [2.45, 2.75) is 4.90 Å². The van der Waals surface area contributed by atoms with E-state index in [2.05, 4.69) is 10.8 Å². The molecule has 122 valence electrons. The lowest BCUT2D eigenvalue weighted by Gasteiger charge is -2.12. The van der Waals surface area contributed by atoms with Crippen LogP contribution in [0.1, 0.15) is 16.7 Å². The summed E-state index contributed by atoms with van der Waals surface area (Å²) in [5, 5.41) is 17.6. The van der Waals surface area contributed by atoms with Crippen LogP contribution >= 0.6 is 11.9 Å². The first-order valence-electron chi connectivity index (χ1n) is 7.65. The number of nitrogens with two attached hydrogens (primary N) is 1. The Labute approximate surface area is 151 Å². The third-order valence-corrected chi connectivity index (χ3v) is 4.59. The van der Waals surface area contributed by atoms with Gasteiger partial charge in [0.1, 0.15) is 6.07 Å². The summed E-state index contributed by atoms with van der Waals surface area (Å²) in [4.78, 5) is 0.849. The summed E-state index contributed by atoms with van der Waals surface area (Å²) in [6.07, 6.45) is 0. The van der Waals surface area contributed by atoms with Gasteiger partial charge in [-0.25, -0.2) is 0 Å². The lowest BCUT2D eigenvalue weighted by molar-refractivity contribution is 1.37. The monoisotopic (exact) mass is 344 g/mol. The van der Waals surface area contributed by atoms with Gasteiger partial charge in [-0.05, 0) is 42.3 Å². The van der Waals surface area contributed by atoms with Crippen LogP contribution < -0.4 is 10.5 Å². The fourth-order valence-corrected chi connectivity index (χ4v) is 3.08. The number of anilines is 2. The van der Waals surface area contributed by atoms with Crippen LogP contribution in [0, 0.1) is 16.7 Å². The highest BCUT2D eigenvalue weighted by Crippen LogP contribution is 2.27. The molecule has 0 spiro atoms. The van der Waals surface area contributed by atoms with Gasteiger partial charge in [-0.1, -0.05) is 42.5 Å². The number of hydrogen-bond acceptors (Lipinski definition) is 5. The number of nitrogen functional groups attached to an aromatic ring is 1. The average molecular weight is 344 g/mol. The first-order valence-corrected chi connectivity index (χ1v) is 8.46. The molecule has 3 aromatic rings. The van der Waals surface area contributed by atoms with Crippen molar-refractivity contribution in [3.05, 3.63) is 89.5 Å². The van der Waals surface area contributed by atoms with Gasteiger partial charge in [-0.3, -0.25) is 5.41 Å². The highest BCUT2D eigenvalue weighted by molar-refractivity contribution is 8.00. The van der Waals surface area contributed by atoms with Crippen molar-refractivity contribution in [1.29, 1.82) is 10.7 Å². The standard InChI is InChI=1S/C20H16N4S/c21-13-15-8-4-5-9-19(15)25-24-16-10-11-18(22)17(12-16)20(23)14-6-2-1-3-7-14/h1-12,23-24H,22H2. The fourth-order valence-electron chi connectivity index (χ4n) is 2.36. The lowest BCUT2D eigenvalue weighted by atomic mass is 10.0. The van der Waals surface area contributed by atoms with Crippen molar-refractivity contribution in [2.24, 2.45) is 0 Å². The van der Waals surface area contributed by atoms with Gasteiger partial charge in [0.25, 0.3) is 0 Å². The van der Waals surface area contributed by atoms with Crippen molar-refractivity contribution in [3.63, 3.8) is 0 Å². The predicted octanol–water partition coefficient (Wildman–Crippen LogP) is 4.68. The molecular weight excluding hydrogens is 328 g/mol. The number of hydrogen-bond donors (Lipinski definition) is 3. The summed E-state index contributed by atoms with van der Waals surface area (Å²) in [6.45, 7) is 0. The van der Waals surface area contributed by atoms with E-state index in [9.17, 15) is 0 Å². The molecule has 5 heteroatoms. The molecule has 4 N–H and O–H groups in total. The lowest BCUT2D eigenvalue weighted by Crippen LogP contribution is -2.06. The Kier molecular flexibility index (Phi) is 5.03. The minimum absolute atomic E-state index is 0.379. The van der Waals surface area contributed by atoms with Crippen LogP contribution in [-0.4, -0.2) is 5.71 Å². The predicted molar refractivity (Wildman–Crippen MR) is 104 cm³/mol. The summed E-state index contributed by atoms with van der Waals surface area (Å²) < 4.78 is 3.22. The Balaban J connectivity index is 1.82. The normalized spacial score (nSPS) is 10.0. The molecule has 0 amide bonds. The summed E-state index contributed by atoms with van der Waals surface area (Å²) in [7, 11) is 0. The molecule has 0 radical (unpaired) electrons. The van der Waals surface area contributed by atoms with Gasteiger partial charge in [0.2, 0.25) is 0 Å². The average Bonchev–Trinajstić information content (AvgIpc) is 2.67. The Morgan fingerprint density at radius 3 is 2.48 bits per heavy atom. The van der Waals surface area contributed by atoms with Crippen molar-refractivity contribution in [3.8, 4) is 6.07 Å². The van der Waals surface area contributed by atoms with Crippen LogP contribution in [0.25, 0.3) is 0 Å². The van der Waals surface area contributed by atoms with E-state index >= 15 is 0 Å². The van der Waals surface area contributed by atoms with E-state index in [0.29, 0.717) is 22.5 Å². The zero-order valence-corrected chi connectivity index (χ0v) is 14.2. The van der Waals surface area contributed by atoms with Gasteiger partial charge in [0.15, 0.2) is 0 Å². The molecule has 0 aromatic heterocycles. The van der Waals surface area contributed by atoms with Crippen LogP contribution in [0.3, 0.4) is 0 Å². The van der Waals surface area contributed by atoms with Crippen molar-refractivity contribution in [2.75, 3.05) is 10.5 Å². The van der Waals surface area contributed by atoms with E-state index in [0.717, 1.165) is 16.1 Å². The smallest absolute Gasteiger partial charge is 0.100 e. The molecule has 0 aliphatic carbocycles. The molecule has 3 rings (SSSR count). The Bertz CT molecular complexity index is 945. The molecule has 4 nitrogen and oxygen atoms in total. The zero-order valence-electron chi connectivity index (χ0n) is 13.4. The third kappa shape index (κ3) is 3.82. The first kappa shape index (κ1) is 16.6. The SMILES string of the molecule is N#Cc1ccccc1SNc1ccc(N)c(C(=N)c2ccccc2)c1. The maximum atomic E-state index is 9.16. The topological polar surface area (TPSA) is 85.7 Å². The zero-order chi connectivity index (χ0) is 17.6. The molecule has 0 bridgehead atoms. The number of benzene rings is 3. The molecular formula is C20H16N4S. The number of nitrogens with zero attached hydrogens (tertiary/aromatic N) is 1. The van der Waals surface area contributed by atoms with Crippen LogP contribution in [0.2, 0.25) is 0 Å². The second-order valence-electron chi connectivity index (χ2n) is 5.36. The van der Waals surface area contributed by atoms with E-state index in [1.165, 1.54) is 11.9 Å². The van der Waals surface area contributed by atoms with Gasteiger partial charge in [0.05, 0.1) is 11.3 Å².